The second-order valence-electron chi connectivity index (χ2n) is 3.90. The molecule has 1 aromatic heterocycles. The molecule has 96 valence electrons. The molecule has 2 aromatic rings. The first-order valence-electron chi connectivity index (χ1n) is 5.61. The minimum absolute atomic E-state index is 0.110. The molecule has 1 atom stereocenters. The lowest BCUT2D eigenvalue weighted by atomic mass is 10.1. The quantitative estimate of drug-likeness (QED) is 0.916. The van der Waals surface area contributed by atoms with Crippen molar-refractivity contribution >= 4 is 23.2 Å². The monoisotopic (exact) mass is 285 g/mol. The number of hydrogen-bond donors (Lipinski definition) is 1. The van der Waals surface area contributed by atoms with Crippen LogP contribution in [0.5, 0.6) is 0 Å². The van der Waals surface area contributed by atoms with Gasteiger partial charge in [0.2, 0.25) is 5.89 Å². The lowest BCUT2D eigenvalue weighted by Gasteiger charge is -2.15. The van der Waals surface area contributed by atoms with E-state index in [4.69, 9.17) is 27.7 Å². The Morgan fingerprint density at radius 2 is 2.22 bits per heavy atom. The summed E-state index contributed by atoms with van der Waals surface area (Å²) in [6.45, 7) is 2.76. The van der Waals surface area contributed by atoms with Crippen molar-refractivity contribution in [1.29, 1.82) is 0 Å². The van der Waals surface area contributed by atoms with Crippen molar-refractivity contribution in [3.05, 3.63) is 46.0 Å². The van der Waals surface area contributed by atoms with Gasteiger partial charge in [-0.15, -0.1) is 0 Å². The maximum absolute atomic E-state index is 6.15. The lowest BCUT2D eigenvalue weighted by Crippen LogP contribution is -2.21. The fourth-order valence-electron chi connectivity index (χ4n) is 1.67. The number of rotatable bonds is 5. The normalized spacial score (nSPS) is 12.6. The van der Waals surface area contributed by atoms with Crippen molar-refractivity contribution in [2.75, 3.05) is 6.54 Å². The summed E-state index contributed by atoms with van der Waals surface area (Å²) in [5.41, 5.74) is 0.981. The molecule has 1 N–H and O–H groups in total. The van der Waals surface area contributed by atoms with Crippen molar-refractivity contribution in [1.82, 2.24) is 15.5 Å². The summed E-state index contributed by atoms with van der Waals surface area (Å²) in [5.74, 6) is 0.617. The second kappa shape index (κ2) is 6.18. The number of benzene rings is 1. The van der Waals surface area contributed by atoms with Gasteiger partial charge in [0, 0.05) is 19.0 Å². The third-order valence-electron chi connectivity index (χ3n) is 2.64. The molecule has 0 aliphatic rings. The molecule has 0 radical (unpaired) electrons. The van der Waals surface area contributed by atoms with E-state index in [1.807, 2.05) is 19.1 Å². The molecule has 6 heteroatoms. The molecule has 0 fully saturated rings. The van der Waals surface area contributed by atoms with Crippen molar-refractivity contribution in [3.63, 3.8) is 0 Å². The average molecular weight is 286 g/mol. The van der Waals surface area contributed by atoms with Crippen LogP contribution in [0.3, 0.4) is 0 Å². The van der Waals surface area contributed by atoms with Gasteiger partial charge in [-0.3, -0.25) is 0 Å². The highest BCUT2D eigenvalue weighted by atomic mass is 35.5. The van der Waals surface area contributed by atoms with Crippen molar-refractivity contribution in [2.45, 2.75) is 19.4 Å². The van der Waals surface area contributed by atoms with Crippen LogP contribution >= 0.6 is 23.2 Å². The third-order valence-corrected chi connectivity index (χ3v) is 3.48. The van der Waals surface area contributed by atoms with Gasteiger partial charge in [-0.05, 0) is 18.6 Å². The van der Waals surface area contributed by atoms with E-state index < -0.39 is 0 Å². The number of aromatic nitrogens is 2. The highest BCUT2D eigenvalue weighted by Gasteiger charge is 2.11. The highest BCUT2D eigenvalue weighted by molar-refractivity contribution is 6.42. The minimum atomic E-state index is 0.110. The van der Waals surface area contributed by atoms with Crippen molar-refractivity contribution in [3.8, 4) is 0 Å². The van der Waals surface area contributed by atoms with E-state index in [9.17, 15) is 0 Å². The Hall–Kier alpha value is -1.10. The molecular formula is C12H13Cl2N3O. The summed E-state index contributed by atoms with van der Waals surface area (Å²) >= 11 is 12.1. The zero-order valence-corrected chi connectivity index (χ0v) is 11.4. The van der Waals surface area contributed by atoms with Gasteiger partial charge < -0.3 is 9.84 Å². The topological polar surface area (TPSA) is 51.0 Å². The van der Waals surface area contributed by atoms with E-state index >= 15 is 0 Å². The van der Waals surface area contributed by atoms with Gasteiger partial charge in [0.05, 0.1) is 10.0 Å². The van der Waals surface area contributed by atoms with Gasteiger partial charge in [0.15, 0.2) is 6.33 Å². The largest absolute Gasteiger partial charge is 0.340 e. The summed E-state index contributed by atoms with van der Waals surface area (Å²) < 4.78 is 4.92. The summed E-state index contributed by atoms with van der Waals surface area (Å²) in [6.07, 6.45) is 2.08. The first-order chi connectivity index (χ1) is 8.68. The first-order valence-corrected chi connectivity index (χ1v) is 6.37. The van der Waals surface area contributed by atoms with Gasteiger partial charge in [-0.2, -0.15) is 4.98 Å². The maximum Gasteiger partial charge on any atom is 0.227 e. The Morgan fingerprint density at radius 1 is 1.39 bits per heavy atom. The van der Waals surface area contributed by atoms with E-state index in [1.165, 1.54) is 6.33 Å². The number of hydrogen-bond acceptors (Lipinski definition) is 4. The van der Waals surface area contributed by atoms with E-state index in [-0.39, 0.29) is 6.04 Å². The van der Waals surface area contributed by atoms with Gasteiger partial charge >= 0.3 is 0 Å². The Kier molecular flexibility index (Phi) is 4.58. The van der Waals surface area contributed by atoms with E-state index in [2.05, 4.69) is 15.5 Å². The smallest absolute Gasteiger partial charge is 0.227 e. The standard InChI is InChI=1S/C12H13Cl2N3O/c1-8(9-3-2-4-10(13)12(9)14)15-6-5-11-16-7-17-18-11/h2-4,7-8,15H,5-6H2,1H3. The van der Waals surface area contributed by atoms with Crippen LogP contribution in [-0.4, -0.2) is 16.7 Å². The minimum Gasteiger partial charge on any atom is -0.340 e. The molecular weight excluding hydrogens is 273 g/mol. The predicted molar refractivity (Wildman–Crippen MR) is 70.9 cm³/mol. The number of halogens is 2. The van der Waals surface area contributed by atoms with Gasteiger partial charge in [0.25, 0.3) is 0 Å². The molecule has 1 aromatic carbocycles. The molecule has 2 rings (SSSR count). The maximum atomic E-state index is 6.15. The average Bonchev–Trinajstić information content (AvgIpc) is 2.85. The molecule has 4 nitrogen and oxygen atoms in total. The van der Waals surface area contributed by atoms with Gasteiger partial charge in [0.1, 0.15) is 0 Å². The summed E-state index contributed by atoms with van der Waals surface area (Å²) in [6, 6.07) is 5.73. The molecule has 1 heterocycles. The molecule has 0 amide bonds. The first kappa shape index (κ1) is 13.3. The fourth-order valence-corrected chi connectivity index (χ4v) is 2.14. The number of nitrogens with one attached hydrogen (secondary N) is 1. The van der Waals surface area contributed by atoms with Crippen LogP contribution in [-0.2, 0) is 6.42 Å². The predicted octanol–water partition coefficient (Wildman–Crippen LogP) is 3.27. The summed E-state index contributed by atoms with van der Waals surface area (Å²) in [7, 11) is 0. The molecule has 0 spiro atoms. The van der Waals surface area contributed by atoms with Crippen LogP contribution in [0.4, 0.5) is 0 Å². The lowest BCUT2D eigenvalue weighted by molar-refractivity contribution is 0.372. The number of nitrogens with zero attached hydrogens (tertiary/aromatic N) is 2. The summed E-state index contributed by atoms with van der Waals surface area (Å²) in [5, 5.41) is 8.05. The SMILES string of the molecule is CC(NCCc1ncno1)c1cccc(Cl)c1Cl. The van der Waals surface area contributed by atoms with E-state index in [0.29, 0.717) is 22.4 Å². The van der Waals surface area contributed by atoms with Crippen molar-refractivity contribution in [2.24, 2.45) is 0 Å². The Morgan fingerprint density at radius 3 is 2.94 bits per heavy atom. The van der Waals surface area contributed by atoms with E-state index in [1.54, 1.807) is 6.07 Å². The molecule has 1 unspecified atom stereocenters. The summed E-state index contributed by atoms with van der Waals surface area (Å²) in [4.78, 5) is 3.95. The Labute approximate surface area is 115 Å². The molecule has 18 heavy (non-hydrogen) atoms. The molecule has 0 aliphatic heterocycles. The Balaban J connectivity index is 1.91. The highest BCUT2D eigenvalue weighted by Crippen LogP contribution is 2.29. The zero-order valence-electron chi connectivity index (χ0n) is 9.86. The molecule has 0 aliphatic carbocycles. The van der Waals surface area contributed by atoms with Crippen LogP contribution < -0.4 is 5.32 Å². The van der Waals surface area contributed by atoms with E-state index in [0.717, 1.165) is 12.1 Å². The molecule has 0 saturated heterocycles. The van der Waals surface area contributed by atoms with Crippen LogP contribution in [0.15, 0.2) is 29.0 Å². The van der Waals surface area contributed by atoms with Crippen LogP contribution in [0, 0.1) is 0 Å². The second-order valence-corrected chi connectivity index (χ2v) is 4.69. The Bertz CT molecular complexity index is 502. The van der Waals surface area contributed by atoms with Crippen LogP contribution in [0.1, 0.15) is 24.4 Å². The van der Waals surface area contributed by atoms with Crippen molar-refractivity contribution < 1.29 is 4.52 Å². The van der Waals surface area contributed by atoms with Crippen LogP contribution in [0.2, 0.25) is 10.0 Å². The third kappa shape index (κ3) is 3.22. The van der Waals surface area contributed by atoms with Gasteiger partial charge in [-0.25, -0.2) is 0 Å². The zero-order chi connectivity index (χ0) is 13.0. The van der Waals surface area contributed by atoms with Gasteiger partial charge in [-0.1, -0.05) is 40.5 Å². The fraction of sp³-hybridized carbons (Fsp3) is 0.333. The molecule has 0 bridgehead atoms. The van der Waals surface area contributed by atoms with Crippen LogP contribution in [0.25, 0.3) is 0 Å². The molecule has 0 saturated carbocycles.